The Labute approximate surface area is 190 Å². The maximum absolute atomic E-state index is 5.03. The molecule has 3 aromatic carbocycles. The van der Waals surface area contributed by atoms with Crippen molar-refractivity contribution >= 4 is 22.7 Å². The first-order chi connectivity index (χ1) is 15.8. The number of rotatable bonds is 7. The molecular formula is C28H30N4. The minimum absolute atomic E-state index is 0.733. The van der Waals surface area contributed by atoms with Crippen LogP contribution in [0.1, 0.15) is 24.0 Å². The van der Waals surface area contributed by atoms with Crippen molar-refractivity contribution in [1.29, 1.82) is 0 Å². The van der Waals surface area contributed by atoms with Crippen molar-refractivity contribution in [3.8, 4) is 0 Å². The summed E-state index contributed by atoms with van der Waals surface area (Å²) < 4.78 is 0. The smallest absolute Gasteiger partial charge is 0.172 e. The predicted molar refractivity (Wildman–Crippen MR) is 133 cm³/mol. The van der Waals surface area contributed by atoms with E-state index in [2.05, 4.69) is 76.9 Å². The van der Waals surface area contributed by atoms with Gasteiger partial charge in [0.2, 0.25) is 0 Å². The second-order valence-corrected chi connectivity index (χ2v) is 8.67. The van der Waals surface area contributed by atoms with E-state index in [1.165, 1.54) is 30.4 Å². The molecule has 162 valence electrons. The summed E-state index contributed by atoms with van der Waals surface area (Å²) in [4.78, 5) is 12.4. The highest BCUT2D eigenvalue weighted by molar-refractivity contribution is 5.80. The summed E-state index contributed by atoms with van der Waals surface area (Å²) in [5.74, 6) is 2.63. The van der Waals surface area contributed by atoms with E-state index in [0.717, 1.165) is 54.6 Å². The third-order valence-corrected chi connectivity index (χ3v) is 6.38. The fourth-order valence-electron chi connectivity index (χ4n) is 4.60. The summed E-state index contributed by atoms with van der Waals surface area (Å²) in [5, 5.41) is 3.59. The SMILES string of the molecule is c1ccc(CCNc2nc3ccccc3nc2N2CCC(Cc3ccccc3)CC2)cc1. The van der Waals surface area contributed by atoms with Gasteiger partial charge < -0.3 is 10.2 Å². The van der Waals surface area contributed by atoms with Crippen molar-refractivity contribution in [3.63, 3.8) is 0 Å². The van der Waals surface area contributed by atoms with Gasteiger partial charge in [0.05, 0.1) is 11.0 Å². The average molecular weight is 423 g/mol. The fourth-order valence-corrected chi connectivity index (χ4v) is 4.60. The van der Waals surface area contributed by atoms with Crippen molar-refractivity contribution in [2.75, 3.05) is 29.9 Å². The van der Waals surface area contributed by atoms with Gasteiger partial charge in [-0.25, -0.2) is 9.97 Å². The Morgan fingerprint density at radius 1 is 0.719 bits per heavy atom. The molecule has 0 spiro atoms. The van der Waals surface area contributed by atoms with Crippen molar-refractivity contribution in [1.82, 2.24) is 9.97 Å². The third kappa shape index (κ3) is 4.91. The molecule has 0 amide bonds. The first kappa shape index (κ1) is 20.5. The van der Waals surface area contributed by atoms with Crippen LogP contribution in [-0.4, -0.2) is 29.6 Å². The van der Waals surface area contributed by atoms with Gasteiger partial charge in [0.1, 0.15) is 0 Å². The van der Waals surface area contributed by atoms with Crippen LogP contribution in [0.3, 0.4) is 0 Å². The number of hydrogen-bond acceptors (Lipinski definition) is 4. The number of benzene rings is 3. The number of nitrogens with one attached hydrogen (secondary N) is 1. The molecule has 4 nitrogen and oxygen atoms in total. The quantitative estimate of drug-likeness (QED) is 0.412. The van der Waals surface area contributed by atoms with Crippen LogP contribution in [0.5, 0.6) is 0 Å². The Balaban J connectivity index is 1.30. The van der Waals surface area contributed by atoms with E-state index < -0.39 is 0 Å². The minimum Gasteiger partial charge on any atom is -0.367 e. The van der Waals surface area contributed by atoms with Gasteiger partial charge in [0.25, 0.3) is 0 Å². The van der Waals surface area contributed by atoms with Crippen LogP contribution >= 0.6 is 0 Å². The molecule has 32 heavy (non-hydrogen) atoms. The minimum atomic E-state index is 0.733. The maximum Gasteiger partial charge on any atom is 0.172 e. The Hall–Kier alpha value is -3.40. The van der Waals surface area contributed by atoms with E-state index in [0.29, 0.717) is 0 Å². The first-order valence-electron chi connectivity index (χ1n) is 11.7. The van der Waals surface area contributed by atoms with Crippen LogP contribution in [0.2, 0.25) is 0 Å². The van der Waals surface area contributed by atoms with Crippen LogP contribution in [0, 0.1) is 5.92 Å². The number of anilines is 2. The number of para-hydroxylation sites is 2. The van der Waals surface area contributed by atoms with Crippen LogP contribution in [0.25, 0.3) is 11.0 Å². The van der Waals surface area contributed by atoms with Crippen molar-refractivity contribution in [2.24, 2.45) is 5.92 Å². The van der Waals surface area contributed by atoms with Crippen molar-refractivity contribution in [2.45, 2.75) is 25.7 Å². The summed E-state index contributed by atoms with van der Waals surface area (Å²) in [6.45, 7) is 2.89. The van der Waals surface area contributed by atoms with E-state index in [-0.39, 0.29) is 0 Å². The summed E-state index contributed by atoms with van der Waals surface area (Å²) in [6.07, 6.45) is 4.51. The Bertz CT molecular complexity index is 1140. The zero-order valence-corrected chi connectivity index (χ0v) is 18.5. The molecule has 1 saturated heterocycles. The van der Waals surface area contributed by atoms with E-state index in [4.69, 9.17) is 9.97 Å². The zero-order chi connectivity index (χ0) is 21.6. The molecule has 2 heterocycles. The van der Waals surface area contributed by atoms with Crippen LogP contribution in [0.4, 0.5) is 11.6 Å². The second-order valence-electron chi connectivity index (χ2n) is 8.67. The molecule has 0 aliphatic carbocycles. The van der Waals surface area contributed by atoms with Crippen LogP contribution in [-0.2, 0) is 12.8 Å². The predicted octanol–water partition coefficient (Wildman–Crippen LogP) is 5.74. The lowest BCUT2D eigenvalue weighted by Crippen LogP contribution is -2.35. The first-order valence-corrected chi connectivity index (χ1v) is 11.7. The molecule has 1 aliphatic heterocycles. The number of piperidine rings is 1. The monoisotopic (exact) mass is 422 g/mol. The molecular weight excluding hydrogens is 392 g/mol. The summed E-state index contributed by atoms with van der Waals surface area (Å²) >= 11 is 0. The van der Waals surface area contributed by atoms with Gasteiger partial charge in [0.15, 0.2) is 11.6 Å². The van der Waals surface area contributed by atoms with Gasteiger partial charge in [-0.15, -0.1) is 0 Å². The molecule has 1 aliphatic rings. The number of hydrogen-bond donors (Lipinski definition) is 1. The van der Waals surface area contributed by atoms with Gasteiger partial charge >= 0.3 is 0 Å². The highest BCUT2D eigenvalue weighted by Crippen LogP contribution is 2.30. The molecule has 1 fully saturated rings. The molecule has 0 saturated carbocycles. The largest absolute Gasteiger partial charge is 0.367 e. The van der Waals surface area contributed by atoms with Gasteiger partial charge in [-0.2, -0.15) is 0 Å². The molecule has 0 atom stereocenters. The van der Waals surface area contributed by atoms with E-state index in [1.54, 1.807) is 0 Å². The molecule has 4 heteroatoms. The Morgan fingerprint density at radius 3 is 2.00 bits per heavy atom. The zero-order valence-electron chi connectivity index (χ0n) is 18.5. The lowest BCUT2D eigenvalue weighted by molar-refractivity contribution is 0.402. The molecule has 1 aromatic heterocycles. The highest BCUT2D eigenvalue weighted by atomic mass is 15.2. The molecule has 5 rings (SSSR count). The van der Waals surface area contributed by atoms with Gasteiger partial charge in [-0.3, -0.25) is 0 Å². The summed E-state index contributed by atoms with van der Waals surface area (Å²) in [7, 11) is 0. The molecule has 4 aromatic rings. The Kier molecular flexibility index (Phi) is 6.29. The number of nitrogens with zero attached hydrogens (tertiary/aromatic N) is 3. The normalized spacial score (nSPS) is 14.6. The summed E-state index contributed by atoms with van der Waals surface area (Å²) in [5.41, 5.74) is 4.68. The lowest BCUT2D eigenvalue weighted by Gasteiger charge is -2.33. The van der Waals surface area contributed by atoms with Gasteiger partial charge in [-0.05, 0) is 54.9 Å². The lowest BCUT2D eigenvalue weighted by atomic mass is 9.90. The molecule has 0 radical (unpaired) electrons. The van der Waals surface area contributed by atoms with Crippen molar-refractivity contribution in [3.05, 3.63) is 96.1 Å². The highest BCUT2D eigenvalue weighted by Gasteiger charge is 2.23. The van der Waals surface area contributed by atoms with E-state index in [1.807, 2.05) is 18.2 Å². The molecule has 0 unspecified atom stereocenters. The average Bonchev–Trinajstić information content (AvgIpc) is 2.85. The standard InChI is InChI=1S/C28H30N4/c1-3-9-22(10-4-1)15-18-29-27-28(31-26-14-8-7-13-25(26)30-27)32-19-16-24(17-20-32)21-23-11-5-2-6-12-23/h1-14,24H,15-21H2,(H,29,30). The number of fused-ring (bicyclic) bond motifs is 1. The Morgan fingerprint density at radius 2 is 1.31 bits per heavy atom. The van der Waals surface area contributed by atoms with Crippen molar-refractivity contribution < 1.29 is 0 Å². The van der Waals surface area contributed by atoms with Gasteiger partial charge in [0, 0.05) is 19.6 Å². The molecule has 0 bridgehead atoms. The fraction of sp³-hybridized carbons (Fsp3) is 0.286. The van der Waals surface area contributed by atoms with Crippen LogP contribution in [0.15, 0.2) is 84.9 Å². The summed E-state index contributed by atoms with van der Waals surface area (Å²) in [6, 6.07) is 29.6. The maximum atomic E-state index is 5.03. The molecule has 1 N–H and O–H groups in total. The third-order valence-electron chi connectivity index (χ3n) is 6.38. The van der Waals surface area contributed by atoms with E-state index >= 15 is 0 Å². The topological polar surface area (TPSA) is 41.1 Å². The van der Waals surface area contributed by atoms with Gasteiger partial charge in [-0.1, -0.05) is 72.8 Å². The van der Waals surface area contributed by atoms with Crippen LogP contribution < -0.4 is 10.2 Å². The second kappa shape index (κ2) is 9.82. The number of aromatic nitrogens is 2. The van der Waals surface area contributed by atoms with E-state index in [9.17, 15) is 0 Å².